The van der Waals surface area contributed by atoms with E-state index in [1.807, 2.05) is 0 Å². The third-order valence-corrected chi connectivity index (χ3v) is 5.41. The number of aromatic carboxylic acids is 1. The van der Waals surface area contributed by atoms with E-state index in [1.54, 1.807) is 18.2 Å². The Kier molecular flexibility index (Phi) is 5.85. The van der Waals surface area contributed by atoms with Crippen molar-refractivity contribution >= 4 is 16.7 Å². The molecule has 0 saturated carbocycles. The van der Waals surface area contributed by atoms with Crippen LogP contribution in [-0.4, -0.2) is 17.3 Å². The summed E-state index contributed by atoms with van der Waals surface area (Å²) < 4.78 is 76.5. The molecular weight excluding hydrogens is 458 g/mol. The van der Waals surface area contributed by atoms with Crippen molar-refractivity contribution in [2.45, 2.75) is 18.8 Å². The second kappa shape index (κ2) is 8.52. The van der Waals surface area contributed by atoms with Crippen LogP contribution in [0.15, 0.2) is 78.9 Å². The van der Waals surface area contributed by atoms with Crippen LogP contribution >= 0.6 is 0 Å². The van der Waals surface area contributed by atoms with Gasteiger partial charge >= 0.3 is 18.3 Å². The number of halogens is 6. The van der Waals surface area contributed by atoms with Crippen LogP contribution in [0.3, 0.4) is 0 Å². The third kappa shape index (κ3) is 5.06. The van der Waals surface area contributed by atoms with E-state index < -0.39 is 30.3 Å². The maximum absolute atomic E-state index is 12.9. The zero-order chi connectivity index (χ0) is 24.7. The molecule has 0 atom stereocenters. The van der Waals surface area contributed by atoms with E-state index in [0.29, 0.717) is 33.0 Å². The van der Waals surface area contributed by atoms with Crippen molar-refractivity contribution in [2.24, 2.45) is 0 Å². The van der Waals surface area contributed by atoms with E-state index >= 15 is 0 Å². The maximum Gasteiger partial charge on any atom is 0.416 e. The Labute approximate surface area is 190 Å². The fraction of sp³-hybridized carbons (Fsp3) is 0.115. The van der Waals surface area contributed by atoms with Crippen molar-refractivity contribution in [1.82, 2.24) is 0 Å². The van der Waals surface area contributed by atoms with Crippen LogP contribution in [0.25, 0.3) is 33.0 Å². The second-order valence-electron chi connectivity index (χ2n) is 7.83. The number of benzene rings is 4. The number of hydrogen-bond acceptors (Lipinski definition) is 1. The fourth-order valence-corrected chi connectivity index (χ4v) is 3.80. The number of carboxylic acid groups (broad SMARTS) is 1. The zero-order valence-electron chi connectivity index (χ0n) is 17.3. The van der Waals surface area contributed by atoms with Crippen molar-refractivity contribution in [2.75, 3.05) is 0 Å². The average molecular weight is 474 g/mol. The lowest BCUT2D eigenvalue weighted by Gasteiger charge is -2.13. The predicted octanol–water partition coefficient (Wildman–Crippen LogP) is 8.00. The summed E-state index contributed by atoms with van der Waals surface area (Å²) in [6.07, 6.45) is -9.87. The number of carbonyl (C=O) groups is 1. The van der Waals surface area contributed by atoms with Gasteiger partial charge in [0.2, 0.25) is 0 Å². The third-order valence-electron chi connectivity index (χ3n) is 5.41. The van der Waals surface area contributed by atoms with Gasteiger partial charge in [0.1, 0.15) is 0 Å². The number of hydrogen-bond donors (Lipinski definition) is 1. The molecule has 4 rings (SSSR count). The normalized spacial score (nSPS) is 12.2. The molecule has 2 nitrogen and oxygen atoms in total. The van der Waals surface area contributed by atoms with Crippen LogP contribution in [0.1, 0.15) is 21.5 Å². The molecular formula is C26H16F6O2. The molecule has 0 amide bonds. The first kappa shape index (κ1) is 23.4. The Morgan fingerprint density at radius 3 is 1.85 bits per heavy atom. The minimum Gasteiger partial charge on any atom is -0.478 e. The number of rotatable bonds is 4. The first-order chi connectivity index (χ1) is 15.9. The topological polar surface area (TPSA) is 37.3 Å². The first-order valence-corrected chi connectivity index (χ1v) is 10.1. The molecule has 174 valence electrons. The minimum absolute atomic E-state index is 0.0218. The molecule has 34 heavy (non-hydrogen) atoms. The van der Waals surface area contributed by atoms with Crippen molar-refractivity contribution in [3.63, 3.8) is 0 Å². The van der Waals surface area contributed by atoms with Crippen LogP contribution < -0.4 is 0 Å². The van der Waals surface area contributed by atoms with Crippen LogP contribution in [-0.2, 0) is 12.6 Å². The van der Waals surface area contributed by atoms with Gasteiger partial charge in [0.05, 0.1) is 17.5 Å². The molecule has 1 N–H and O–H groups in total. The van der Waals surface area contributed by atoms with Gasteiger partial charge in [-0.15, -0.1) is 0 Å². The summed E-state index contributed by atoms with van der Waals surface area (Å²) in [4.78, 5) is 11.7. The SMILES string of the molecule is O=C(O)c1cc(-c2ccc(CC(F)(F)F)cc2)c2ccc(-c3ccc(C(F)(F)F)cc3)cc2c1. The van der Waals surface area contributed by atoms with E-state index in [-0.39, 0.29) is 11.1 Å². The van der Waals surface area contributed by atoms with E-state index in [9.17, 15) is 36.2 Å². The Bertz CT molecular complexity index is 1350. The molecule has 0 saturated heterocycles. The highest BCUT2D eigenvalue weighted by atomic mass is 19.4. The second-order valence-corrected chi connectivity index (χ2v) is 7.83. The summed E-state index contributed by atoms with van der Waals surface area (Å²) in [5.41, 5.74) is 1.46. The van der Waals surface area contributed by atoms with Gasteiger partial charge in [-0.05, 0) is 68.9 Å². The average Bonchev–Trinajstić information content (AvgIpc) is 2.77. The van der Waals surface area contributed by atoms with E-state index in [4.69, 9.17) is 0 Å². The fourth-order valence-electron chi connectivity index (χ4n) is 3.80. The van der Waals surface area contributed by atoms with Gasteiger partial charge in [-0.3, -0.25) is 0 Å². The monoisotopic (exact) mass is 474 g/mol. The summed E-state index contributed by atoms with van der Waals surface area (Å²) in [7, 11) is 0. The highest BCUT2D eigenvalue weighted by Gasteiger charge is 2.30. The Morgan fingerprint density at radius 2 is 1.29 bits per heavy atom. The number of carboxylic acids is 1. The quantitative estimate of drug-likeness (QED) is 0.304. The molecule has 0 fully saturated rings. The summed E-state index contributed by atoms with van der Waals surface area (Å²) in [6.45, 7) is 0. The smallest absolute Gasteiger partial charge is 0.416 e. The zero-order valence-corrected chi connectivity index (χ0v) is 17.3. The Balaban J connectivity index is 1.79. The van der Waals surface area contributed by atoms with Gasteiger partial charge < -0.3 is 5.11 Å². The molecule has 0 heterocycles. The molecule has 8 heteroatoms. The first-order valence-electron chi connectivity index (χ1n) is 10.1. The minimum atomic E-state index is -4.46. The predicted molar refractivity (Wildman–Crippen MR) is 117 cm³/mol. The van der Waals surface area contributed by atoms with E-state index in [1.165, 1.54) is 48.5 Å². The van der Waals surface area contributed by atoms with E-state index in [0.717, 1.165) is 12.1 Å². The Hall–Kier alpha value is -3.81. The van der Waals surface area contributed by atoms with Gasteiger partial charge in [0.25, 0.3) is 0 Å². The number of alkyl halides is 6. The van der Waals surface area contributed by atoms with Crippen LogP contribution in [0.4, 0.5) is 26.3 Å². The summed E-state index contributed by atoms with van der Waals surface area (Å²) in [5.74, 6) is -1.18. The van der Waals surface area contributed by atoms with Gasteiger partial charge in [-0.25, -0.2) is 4.79 Å². The van der Waals surface area contributed by atoms with Gasteiger partial charge in [-0.2, -0.15) is 26.3 Å². The van der Waals surface area contributed by atoms with Crippen molar-refractivity contribution in [3.8, 4) is 22.3 Å². The summed E-state index contributed by atoms with van der Waals surface area (Å²) in [5, 5.41) is 10.7. The standard InChI is InChI=1S/C26H16F6O2/c27-25(28,29)14-15-1-3-17(4-2-15)23-13-20(24(33)34)12-19-11-18(7-10-22(19)23)16-5-8-21(9-6-16)26(30,31)32/h1-13H,14H2,(H,33,34). The molecule has 0 aliphatic heterocycles. The highest BCUT2D eigenvalue weighted by Crippen LogP contribution is 2.35. The molecule has 0 unspecified atom stereocenters. The number of fused-ring (bicyclic) bond motifs is 1. The largest absolute Gasteiger partial charge is 0.478 e. The lowest BCUT2D eigenvalue weighted by atomic mass is 9.92. The molecule has 0 spiro atoms. The van der Waals surface area contributed by atoms with Crippen LogP contribution in [0.5, 0.6) is 0 Å². The van der Waals surface area contributed by atoms with Crippen LogP contribution in [0.2, 0.25) is 0 Å². The molecule has 0 aliphatic carbocycles. The molecule has 4 aromatic rings. The molecule has 0 aromatic heterocycles. The lowest BCUT2D eigenvalue weighted by Crippen LogP contribution is -2.11. The summed E-state index contributed by atoms with van der Waals surface area (Å²) >= 11 is 0. The molecule has 0 aliphatic rings. The van der Waals surface area contributed by atoms with E-state index in [2.05, 4.69) is 0 Å². The van der Waals surface area contributed by atoms with Crippen molar-refractivity contribution < 1.29 is 36.2 Å². The van der Waals surface area contributed by atoms with Crippen LogP contribution in [0, 0.1) is 0 Å². The molecule has 0 radical (unpaired) electrons. The maximum atomic E-state index is 12.9. The van der Waals surface area contributed by atoms with Crippen molar-refractivity contribution in [3.05, 3.63) is 95.6 Å². The lowest BCUT2D eigenvalue weighted by molar-refractivity contribution is -0.137. The van der Waals surface area contributed by atoms with Gasteiger partial charge in [-0.1, -0.05) is 48.5 Å². The van der Waals surface area contributed by atoms with Gasteiger partial charge in [0.15, 0.2) is 0 Å². The van der Waals surface area contributed by atoms with Gasteiger partial charge in [0, 0.05) is 0 Å². The molecule has 4 aromatic carbocycles. The van der Waals surface area contributed by atoms with Crippen molar-refractivity contribution in [1.29, 1.82) is 0 Å². The highest BCUT2D eigenvalue weighted by molar-refractivity contribution is 6.04. The Morgan fingerprint density at radius 1 is 0.706 bits per heavy atom. The molecule has 0 bridgehead atoms. The summed E-state index contributed by atoms with van der Waals surface area (Å²) in [6, 6.07) is 18.3.